The molecular weight excluding hydrogens is 1500 g/mol. The van der Waals surface area contributed by atoms with Crippen molar-refractivity contribution >= 4 is 118 Å². The minimum Gasteiger partial charge on any atom is -0.480 e. The van der Waals surface area contributed by atoms with Crippen LogP contribution >= 0.6 is 11.8 Å². The molecule has 2 saturated heterocycles. The van der Waals surface area contributed by atoms with Gasteiger partial charge < -0.3 is 141 Å². The summed E-state index contributed by atoms with van der Waals surface area (Å²) in [5.41, 5.74) is 61.9. The number of carbonyl (C=O) groups excluding carboxylic acids is 13. The largest absolute Gasteiger partial charge is 0.480 e. The van der Waals surface area contributed by atoms with E-state index in [1.165, 1.54) is 34.1 Å². The Morgan fingerprint density at radius 2 is 0.947 bits per heavy atom. The molecule has 35 N–H and O–H groups in total. The van der Waals surface area contributed by atoms with E-state index in [1.54, 1.807) is 20.1 Å². The molecule has 113 heavy (non-hydrogen) atoms. The normalized spacial score (nSPS) is 16.4. The molecule has 0 unspecified atom stereocenters. The van der Waals surface area contributed by atoms with Gasteiger partial charge in [0.05, 0.1) is 25.5 Å². The lowest BCUT2D eigenvalue weighted by molar-refractivity contribution is -0.144. The summed E-state index contributed by atoms with van der Waals surface area (Å²) in [6.45, 7) is 2.16. The maximum absolute atomic E-state index is 14.9. The number of aliphatic hydroxyl groups is 1. The molecular formula is C67H119N29O16S. The van der Waals surface area contributed by atoms with Gasteiger partial charge in [-0.25, -0.2) is 9.78 Å². The second-order valence-corrected chi connectivity index (χ2v) is 28.6. The lowest BCUT2D eigenvalue weighted by Gasteiger charge is -2.31. The molecule has 1 aromatic heterocycles. The van der Waals surface area contributed by atoms with Crippen molar-refractivity contribution in [3.05, 3.63) is 18.2 Å². The Kier molecular flexibility index (Phi) is 44.0. The van der Waals surface area contributed by atoms with Crippen LogP contribution in [-0.4, -0.2) is 280 Å². The topological polar surface area (TPSA) is 771 Å². The number of aliphatic hydroxyl groups excluding tert-OH is 1. The molecule has 2 fully saturated rings. The first-order chi connectivity index (χ1) is 53.6. The van der Waals surface area contributed by atoms with Crippen LogP contribution in [0.4, 0.5) is 0 Å². The van der Waals surface area contributed by atoms with Crippen LogP contribution in [-0.2, 0) is 73.5 Å². The smallest absolute Gasteiger partial charge is 0.326 e. The number of aliphatic imine (C=N–C) groups is 4. The maximum Gasteiger partial charge on any atom is 0.326 e. The van der Waals surface area contributed by atoms with E-state index in [-0.39, 0.29) is 165 Å². The number of nitrogens with zero attached hydrogens (tertiary/aromatic N) is 7. The third-order valence-corrected chi connectivity index (χ3v) is 18.7. The van der Waals surface area contributed by atoms with E-state index in [9.17, 15) is 77.3 Å². The molecule has 1 aromatic rings. The Hall–Kier alpha value is -10.9. The Labute approximate surface area is 659 Å². The van der Waals surface area contributed by atoms with Gasteiger partial charge in [0.1, 0.15) is 66.5 Å². The van der Waals surface area contributed by atoms with Gasteiger partial charge in [-0.2, -0.15) is 11.8 Å². The zero-order valence-corrected chi connectivity index (χ0v) is 65.2. The van der Waals surface area contributed by atoms with E-state index in [4.69, 9.17) is 63.1 Å². The number of nitrogens with one attached hydrogen (secondary N) is 11. The Morgan fingerprint density at radius 1 is 0.522 bits per heavy atom. The van der Waals surface area contributed by atoms with Gasteiger partial charge in [0.25, 0.3) is 0 Å². The van der Waals surface area contributed by atoms with Crippen molar-refractivity contribution in [2.75, 3.05) is 71.0 Å². The second-order valence-electron chi connectivity index (χ2n) is 27.6. The summed E-state index contributed by atoms with van der Waals surface area (Å²) in [5, 5.41) is 46.2. The molecule has 0 radical (unpaired) electrons. The molecule has 3 heterocycles. The molecule has 0 aliphatic carbocycles. The van der Waals surface area contributed by atoms with Crippen LogP contribution in [0.15, 0.2) is 32.5 Å². The number of guanidine groups is 4. The number of thioether (sulfide) groups is 1. The van der Waals surface area contributed by atoms with Gasteiger partial charge in [-0.1, -0.05) is 13.8 Å². The van der Waals surface area contributed by atoms with Gasteiger partial charge in [0, 0.05) is 64.0 Å². The highest BCUT2D eigenvalue weighted by atomic mass is 32.2. The van der Waals surface area contributed by atoms with E-state index < -0.39 is 181 Å². The molecule has 2 aliphatic heterocycles. The molecule has 0 bridgehead atoms. The number of aliphatic carboxylic acids is 1. The summed E-state index contributed by atoms with van der Waals surface area (Å²) >= 11 is 1.40. The number of primary amides is 1. The summed E-state index contributed by atoms with van der Waals surface area (Å²) in [5.74, 6) is -13.4. The van der Waals surface area contributed by atoms with Crippen LogP contribution in [0.2, 0.25) is 0 Å². The number of aromatic nitrogens is 2. The zero-order valence-electron chi connectivity index (χ0n) is 64.4. The molecule has 13 amide bonds. The van der Waals surface area contributed by atoms with E-state index in [0.717, 1.165) is 0 Å². The fourth-order valence-corrected chi connectivity index (χ4v) is 12.6. The standard InChI is InChI=1S/C67H119N29O16S/c1-36(2)30-45(57(105)94-47(34-97)59(107)93-46(31-37-32-79-35-85-37)58(106)87-39(13-4-5-22-68)53(101)84-33-51(99)95-27-10-17-48(95)60(108)91-44(63(111)112)21-29-113-3)92-55(103)41(15-8-25-82-66(75)76)89-61(109)49-18-11-28-96(49)62(110)43(16-9-26-83-67(77)78)90-56(104)42(19-20-50(70)98)88-54(102)40(14-7-24-81-65(73)74)86-52(100)38(69)12-6-23-80-64(71)72/h32,35-36,38-49,97H,4-31,33-34,68-69H2,1-3H3,(H2,70,98)(H,79,85)(H,84,101)(H,86,100)(H,87,106)(H,88,102)(H,89,109)(H,90,104)(H,91,108)(H,92,103)(H,93,107)(H,94,105)(H,111,112)(H4,71,72,80)(H4,73,74,81)(H4,75,76,82)(H4,77,78,83)/t38-,39-,40-,41-,42-,43-,44-,45-,46-,47-,48-,49-/m0/s1. The summed E-state index contributed by atoms with van der Waals surface area (Å²) < 4.78 is 0. The van der Waals surface area contributed by atoms with Crippen molar-refractivity contribution < 1.29 is 77.3 Å². The lowest BCUT2D eigenvalue weighted by atomic mass is 10.0. The number of H-pyrrole nitrogens is 1. The summed E-state index contributed by atoms with van der Waals surface area (Å²) in [6.07, 6.45) is 5.20. The number of hydrogen-bond acceptors (Lipinski definition) is 23. The number of carboxylic acid groups (broad SMARTS) is 1. The summed E-state index contributed by atoms with van der Waals surface area (Å²) in [6, 6.07) is -16.7. The molecule has 0 aromatic carbocycles. The third kappa shape index (κ3) is 36.4. The van der Waals surface area contributed by atoms with Gasteiger partial charge >= 0.3 is 5.97 Å². The molecule has 634 valence electrons. The number of hydrogen-bond donors (Lipinski definition) is 24. The van der Waals surface area contributed by atoms with Crippen LogP contribution < -0.4 is 116 Å². The molecule has 45 nitrogen and oxygen atoms in total. The third-order valence-electron chi connectivity index (χ3n) is 18.0. The van der Waals surface area contributed by atoms with E-state index in [0.29, 0.717) is 37.1 Å². The van der Waals surface area contributed by atoms with Crippen LogP contribution in [0.3, 0.4) is 0 Å². The highest BCUT2D eigenvalue weighted by Gasteiger charge is 2.42. The van der Waals surface area contributed by atoms with Crippen molar-refractivity contribution in [3.8, 4) is 0 Å². The van der Waals surface area contributed by atoms with Crippen molar-refractivity contribution in [1.29, 1.82) is 0 Å². The average Bonchev–Trinajstić information content (AvgIpc) is 1.75. The second kappa shape index (κ2) is 51.6. The van der Waals surface area contributed by atoms with Crippen molar-refractivity contribution in [2.45, 2.75) is 215 Å². The Bertz CT molecular complexity index is 3420. The number of aromatic amines is 1. The number of amides is 13. The minimum atomic E-state index is -1.81. The number of rotatable bonds is 54. The van der Waals surface area contributed by atoms with Crippen LogP contribution in [0.1, 0.15) is 142 Å². The highest BCUT2D eigenvalue weighted by molar-refractivity contribution is 7.98. The van der Waals surface area contributed by atoms with Crippen LogP contribution in [0, 0.1) is 5.92 Å². The first kappa shape index (κ1) is 96.3. The van der Waals surface area contributed by atoms with Crippen LogP contribution in [0.5, 0.6) is 0 Å². The van der Waals surface area contributed by atoms with Gasteiger partial charge in [-0.05, 0) is 140 Å². The fraction of sp³-hybridized carbons (Fsp3) is 0.687. The molecule has 0 saturated carbocycles. The quantitative estimate of drug-likeness (QED) is 0.0164. The average molecular weight is 1620 g/mol. The summed E-state index contributed by atoms with van der Waals surface area (Å²) in [7, 11) is 0. The summed E-state index contributed by atoms with van der Waals surface area (Å²) in [4.78, 5) is 220. The van der Waals surface area contributed by atoms with Crippen molar-refractivity contribution in [3.63, 3.8) is 0 Å². The van der Waals surface area contributed by atoms with E-state index in [2.05, 4.69) is 83.1 Å². The number of unbranched alkanes of at least 4 members (excludes halogenated alkanes) is 1. The maximum atomic E-state index is 14.9. The van der Waals surface area contributed by atoms with E-state index >= 15 is 0 Å². The Morgan fingerprint density at radius 3 is 1.44 bits per heavy atom. The Balaban J connectivity index is 1.92. The van der Waals surface area contributed by atoms with Crippen molar-refractivity contribution in [2.24, 2.45) is 89.0 Å². The monoisotopic (exact) mass is 1620 g/mol. The predicted molar refractivity (Wildman–Crippen MR) is 418 cm³/mol. The van der Waals surface area contributed by atoms with Gasteiger partial charge in [-0.15, -0.1) is 0 Å². The highest BCUT2D eigenvalue weighted by Crippen LogP contribution is 2.22. The minimum absolute atomic E-state index is 0.00434. The lowest BCUT2D eigenvalue weighted by Crippen LogP contribution is -2.61. The molecule has 46 heteroatoms. The zero-order chi connectivity index (χ0) is 84.3. The molecule has 12 atom stereocenters. The molecule has 3 rings (SSSR count). The van der Waals surface area contributed by atoms with Gasteiger partial charge in [-0.3, -0.25) is 82.3 Å². The number of imidazole rings is 1. The number of nitrogens with two attached hydrogens (primary N) is 11. The van der Waals surface area contributed by atoms with Crippen LogP contribution in [0.25, 0.3) is 0 Å². The van der Waals surface area contributed by atoms with Gasteiger partial charge in [0.15, 0.2) is 23.8 Å². The molecule has 0 spiro atoms. The van der Waals surface area contributed by atoms with Gasteiger partial charge in [0.2, 0.25) is 76.8 Å². The first-order valence-electron chi connectivity index (χ1n) is 37.5. The number of carbonyl (C=O) groups is 14. The molecule has 2 aliphatic rings. The van der Waals surface area contributed by atoms with Crippen molar-refractivity contribution in [1.82, 2.24) is 72.9 Å². The SMILES string of the molecule is CSCC[C@H](NC(=O)[C@@H]1CCCN1C(=O)CNC(=O)[C@H](CCCCN)NC(=O)[C@H](Cc1cnc[nH]1)NC(=O)[C@H](CO)NC(=O)[C@H](CC(C)C)NC(=O)[C@H](CCCN=C(N)N)NC(=O)[C@@H]1CCCN1C(=O)[C@H](CCCN=C(N)N)NC(=O)[C@H](CCC(N)=O)NC(=O)[C@H](CCCN=C(N)N)NC(=O)[C@@H](N)CCCN=C(N)N)C(=O)O. The fourth-order valence-electron chi connectivity index (χ4n) is 12.2. The number of carboxylic acids is 1. The van der Waals surface area contributed by atoms with E-state index in [1.807, 2.05) is 0 Å². The first-order valence-corrected chi connectivity index (χ1v) is 38.9. The number of likely N-dealkylation sites (tertiary alicyclic amines) is 2. The predicted octanol–water partition coefficient (Wildman–Crippen LogP) is -9.77.